The number of carbonyl (C=O) groups is 9. The molecule has 26 nitrogen and oxygen atoms in total. The standard InChI is InChI=1S/C45H64N16O10/c1-24(55-39(67)30(56-25(2)62)9-5-16-52-44(46)47)37(65)57-33-15-18-51-38(66)32(13-14-36(63)64)59-43(71)35(21-29-22-50-23-54-29)61-42(70)34(20-26-11-12-27-7-3-4-8-28(27)19-26)60-40(68)31(58-41(33)69)10-6-17-53-45(48)49/h3-4,7-8,11-12,19,22-24,30-35H,5-6,9-10,13-18,20-21H2,1-2H3,(H,50,54)(H,51,66)(H,55,67)(H,56,62)(H,57,65)(H,58,69)(H,59,71)(H,60,68)(H,61,70)(H,63,64)(H4,46,47,52)(H4,48,49,53)/t24-,30-,31-,32+,33-,34-,35-/m0/s1. The lowest BCUT2D eigenvalue weighted by molar-refractivity contribution is -0.138. The molecule has 26 heteroatoms. The van der Waals surface area contributed by atoms with Gasteiger partial charge in [0.2, 0.25) is 47.3 Å². The highest BCUT2D eigenvalue weighted by Crippen LogP contribution is 2.18. The van der Waals surface area contributed by atoms with Crippen molar-refractivity contribution in [1.29, 1.82) is 0 Å². The number of carbonyl (C=O) groups excluding carboxylic acids is 8. The van der Waals surface area contributed by atoms with Gasteiger partial charge in [-0.2, -0.15) is 0 Å². The summed E-state index contributed by atoms with van der Waals surface area (Å²) in [6, 6.07) is 3.33. The molecule has 0 spiro atoms. The monoisotopic (exact) mass is 988 g/mol. The molecule has 4 rings (SSSR count). The molecule has 384 valence electrons. The van der Waals surface area contributed by atoms with E-state index in [1.54, 1.807) is 6.07 Å². The molecule has 0 radical (unpaired) electrons. The number of aromatic amines is 1. The quantitative estimate of drug-likeness (QED) is 0.0294. The van der Waals surface area contributed by atoms with Crippen LogP contribution in [0.3, 0.4) is 0 Å². The molecule has 0 saturated carbocycles. The third-order valence-corrected chi connectivity index (χ3v) is 11.1. The number of aromatic nitrogens is 2. The number of aliphatic carboxylic acids is 1. The van der Waals surface area contributed by atoms with Gasteiger partial charge in [-0.25, -0.2) is 4.98 Å². The van der Waals surface area contributed by atoms with E-state index < -0.39 is 102 Å². The Kier molecular flexibility index (Phi) is 21.5. The lowest BCUT2D eigenvalue weighted by Crippen LogP contribution is -2.60. The molecule has 1 aliphatic heterocycles. The second kappa shape index (κ2) is 27.6. The first-order chi connectivity index (χ1) is 33.8. The van der Waals surface area contributed by atoms with Crippen LogP contribution in [0.2, 0.25) is 0 Å². The van der Waals surface area contributed by atoms with Gasteiger partial charge in [-0.3, -0.25) is 53.1 Å². The number of benzene rings is 2. The van der Waals surface area contributed by atoms with Crippen molar-refractivity contribution in [2.75, 3.05) is 19.6 Å². The molecule has 1 saturated heterocycles. The lowest BCUT2D eigenvalue weighted by Gasteiger charge is -2.27. The molecule has 18 N–H and O–H groups in total. The first-order valence-electron chi connectivity index (χ1n) is 22.9. The molecule has 1 aromatic heterocycles. The minimum Gasteiger partial charge on any atom is -0.481 e. The van der Waals surface area contributed by atoms with Crippen LogP contribution in [0.15, 0.2) is 65.0 Å². The molecule has 8 amide bonds. The Morgan fingerprint density at radius 2 is 1.35 bits per heavy atom. The molecule has 1 aliphatic rings. The molecule has 0 bridgehead atoms. The number of nitrogens with one attached hydrogen (secondary N) is 9. The highest BCUT2D eigenvalue weighted by atomic mass is 16.4. The first-order valence-corrected chi connectivity index (χ1v) is 22.9. The van der Waals surface area contributed by atoms with Crippen molar-refractivity contribution in [1.82, 2.24) is 52.5 Å². The van der Waals surface area contributed by atoms with Crippen LogP contribution in [0.4, 0.5) is 0 Å². The average molecular weight is 989 g/mol. The van der Waals surface area contributed by atoms with E-state index in [9.17, 15) is 48.3 Å². The number of amides is 8. The molecule has 71 heavy (non-hydrogen) atoms. The van der Waals surface area contributed by atoms with Crippen molar-refractivity contribution < 1.29 is 48.3 Å². The lowest BCUT2D eigenvalue weighted by atomic mass is 9.99. The van der Waals surface area contributed by atoms with Crippen molar-refractivity contribution >= 4 is 75.9 Å². The number of fused-ring (bicyclic) bond motifs is 1. The van der Waals surface area contributed by atoms with Gasteiger partial charge in [-0.05, 0) is 61.8 Å². The molecule has 2 heterocycles. The molecule has 7 atom stereocenters. The summed E-state index contributed by atoms with van der Waals surface area (Å²) in [6.45, 7) is 2.37. The molecule has 1 fully saturated rings. The maximum absolute atomic E-state index is 14.5. The number of carboxylic acids is 1. The number of aliphatic imine (C=N–C) groups is 2. The Morgan fingerprint density at radius 1 is 0.746 bits per heavy atom. The second-order valence-electron chi connectivity index (χ2n) is 16.9. The number of nitrogens with zero attached hydrogens (tertiary/aromatic N) is 3. The topological polar surface area (TPSA) is 428 Å². The summed E-state index contributed by atoms with van der Waals surface area (Å²) in [6.07, 6.45) is 1.66. The van der Waals surface area contributed by atoms with Crippen LogP contribution in [0, 0.1) is 0 Å². The van der Waals surface area contributed by atoms with E-state index in [0.29, 0.717) is 11.3 Å². The summed E-state index contributed by atoms with van der Waals surface area (Å²) < 4.78 is 0. The molecule has 0 unspecified atom stereocenters. The molecule has 2 aromatic carbocycles. The smallest absolute Gasteiger partial charge is 0.303 e. The van der Waals surface area contributed by atoms with Gasteiger partial charge in [-0.15, -0.1) is 0 Å². The fraction of sp³-hybridized carbons (Fsp3) is 0.467. The minimum absolute atomic E-state index is 0.0353. The summed E-state index contributed by atoms with van der Waals surface area (Å²) in [5, 5.41) is 32.1. The largest absolute Gasteiger partial charge is 0.481 e. The van der Waals surface area contributed by atoms with Crippen LogP contribution >= 0.6 is 0 Å². The number of rotatable bonds is 20. The van der Waals surface area contributed by atoms with Gasteiger partial charge < -0.3 is 75.6 Å². The van der Waals surface area contributed by atoms with E-state index >= 15 is 0 Å². The van der Waals surface area contributed by atoms with E-state index in [0.717, 1.165) is 10.8 Å². The molecular weight excluding hydrogens is 925 g/mol. The predicted molar refractivity (Wildman–Crippen MR) is 259 cm³/mol. The van der Waals surface area contributed by atoms with Gasteiger partial charge in [0.15, 0.2) is 11.9 Å². The number of hydrogen-bond acceptors (Lipinski definition) is 12. The van der Waals surface area contributed by atoms with Gasteiger partial charge in [0, 0.05) is 57.7 Å². The number of H-pyrrole nitrogens is 1. The number of nitrogens with two attached hydrogens (primary N) is 4. The predicted octanol–water partition coefficient (Wildman–Crippen LogP) is -3.73. The molecular formula is C45H64N16O10. The maximum atomic E-state index is 14.5. The van der Waals surface area contributed by atoms with E-state index in [1.807, 2.05) is 36.4 Å². The zero-order valence-electron chi connectivity index (χ0n) is 39.5. The Labute approximate surface area is 408 Å². The Morgan fingerprint density at radius 3 is 1.99 bits per heavy atom. The fourth-order valence-corrected chi connectivity index (χ4v) is 7.46. The van der Waals surface area contributed by atoms with Gasteiger partial charge in [-0.1, -0.05) is 42.5 Å². The van der Waals surface area contributed by atoms with Crippen LogP contribution in [-0.4, -0.2) is 142 Å². The van der Waals surface area contributed by atoms with Crippen LogP contribution in [0.5, 0.6) is 0 Å². The van der Waals surface area contributed by atoms with Crippen molar-refractivity contribution in [2.24, 2.45) is 32.9 Å². The van der Waals surface area contributed by atoms with Crippen molar-refractivity contribution in [3.8, 4) is 0 Å². The summed E-state index contributed by atoms with van der Waals surface area (Å²) in [4.78, 5) is 137. The highest BCUT2D eigenvalue weighted by Gasteiger charge is 2.35. The average Bonchev–Trinajstić information content (AvgIpc) is 3.83. The Bertz CT molecular complexity index is 2420. The zero-order chi connectivity index (χ0) is 52.0. The Balaban J connectivity index is 1.72. The van der Waals surface area contributed by atoms with Crippen molar-refractivity contribution in [3.05, 3.63) is 66.2 Å². The molecule has 3 aromatic rings. The van der Waals surface area contributed by atoms with Gasteiger partial charge in [0.25, 0.3) is 0 Å². The third kappa shape index (κ3) is 18.9. The number of guanidine groups is 2. The summed E-state index contributed by atoms with van der Waals surface area (Å²) >= 11 is 0. The van der Waals surface area contributed by atoms with Crippen molar-refractivity contribution in [3.63, 3.8) is 0 Å². The highest BCUT2D eigenvalue weighted by molar-refractivity contribution is 5.98. The van der Waals surface area contributed by atoms with Gasteiger partial charge in [0.1, 0.15) is 42.3 Å². The SMILES string of the molecule is CC(=O)N[C@@H](CCCN=C(N)N)C(=O)N[C@@H](C)C(=O)N[C@H]1CCNC(=O)[C@@H](CCC(=O)O)NC(=O)[C@H](Cc2cnc[nH]2)NC(=O)[C@H](Cc2ccc3ccccc3c2)NC(=O)[C@H](CCCN=C(N)N)NC1=O. The number of carboxylic acid groups (broad SMARTS) is 1. The minimum atomic E-state index is -1.51. The van der Waals surface area contributed by atoms with Crippen LogP contribution in [0.25, 0.3) is 10.8 Å². The summed E-state index contributed by atoms with van der Waals surface area (Å²) in [5.74, 6) is -8.11. The van der Waals surface area contributed by atoms with Gasteiger partial charge in [0.05, 0.1) is 6.33 Å². The summed E-state index contributed by atoms with van der Waals surface area (Å²) in [5.41, 5.74) is 22.9. The third-order valence-electron chi connectivity index (χ3n) is 11.1. The molecule has 0 aliphatic carbocycles. The number of hydrogen-bond donors (Lipinski definition) is 14. The van der Waals surface area contributed by atoms with E-state index in [-0.39, 0.29) is 82.9 Å². The van der Waals surface area contributed by atoms with E-state index in [2.05, 4.69) is 62.5 Å². The van der Waals surface area contributed by atoms with Crippen molar-refractivity contribution in [2.45, 2.75) is 114 Å². The summed E-state index contributed by atoms with van der Waals surface area (Å²) in [7, 11) is 0. The second-order valence-corrected chi connectivity index (χ2v) is 16.9. The van der Waals surface area contributed by atoms with Crippen LogP contribution in [-0.2, 0) is 56.0 Å². The first kappa shape index (κ1) is 55.3. The van der Waals surface area contributed by atoms with E-state index in [4.69, 9.17) is 22.9 Å². The number of imidazole rings is 1. The van der Waals surface area contributed by atoms with Crippen LogP contribution in [0.1, 0.15) is 70.1 Å². The Hall–Kier alpha value is -8.32. The van der Waals surface area contributed by atoms with E-state index in [1.165, 1.54) is 26.4 Å². The maximum Gasteiger partial charge on any atom is 0.303 e. The van der Waals surface area contributed by atoms with Gasteiger partial charge >= 0.3 is 5.97 Å². The normalized spacial score (nSPS) is 20.0. The zero-order valence-corrected chi connectivity index (χ0v) is 39.5. The van der Waals surface area contributed by atoms with Crippen LogP contribution < -0.4 is 65.5 Å². The fourth-order valence-electron chi connectivity index (χ4n) is 7.46.